The molecule has 0 bridgehead atoms. The second-order valence-electron chi connectivity index (χ2n) is 5.56. The second-order valence-corrected chi connectivity index (χ2v) is 5.56. The lowest BCUT2D eigenvalue weighted by molar-refractivity contribution is 0.310. The molecular formula is C18H28N6O2. The van der Waals surface area contributed by atoms with Crippen molar-refractivity contribution in [2.45, 2.75) is 33.4 Å². The summed E-state index contributed by atoms with van der Waals surface area (Å²) in [6.45, 7) is 6.77. The molecule has 142 valence electrons. The Morgan fingerprint density at radius 1 is 1.23 bits per heavy atom. The molecule has 0 atom stereocenters. The zero-order valence-corrected chi connectivity index (χ0v) is 16.0. The molecule has 1 heterocycles. The zero-order valence-electron chi connectivity index (χ0n) is 16.0. The molecule has 0 amide bonds. The summed E-state index contributed by atoms with van der Waals surface area (Å²) in [5.74, 6) is 3.21. The third-order valence-corrected chi connectivity index (χ3v) is 3.87. The van der Waals surface area contributed by atoms with Gasteiger partial charge in [-0.05, 0) is 24.6 Å². The van der Waals surface area contributed by atoms with Crippen LogP contribution in [0.5, 0.6) is 11.5 Å². The molecule has 0 aliphatic rings. The predicted molar refractivity (Wildman–Crippen MR) is 102 cm³/mol. The van der Waals surface area contributed by atoms with Crippen LogP contribution in [0, 0.1) is 0 Å². The maximum atomic E-state index is 5.62. The first-order valence-corrected chi connectivity index (χ1v) is 8.82. The molecule has 0 saturated carbocycles. The van der Waals surface area contributed by atoms with Gasteiger partial charge in [-0.2, -0.15) is 0 Å². The Kier molecular flexibility index (Phi) is 7.73. The first-order valence-electron chi connectivity index (χ1n) is 8.82. The van der Waals surface area contributed by atoms with Crippen molar-refractivity contribution in [3.63, 3.8) is 0 Å². The minimum atomic E-state index is 0.597. The third kappa shape index (κ3) is 5.37. The molecule has 8 heteroatoms. The van der Waals surface area contributed by atoms with Crippen molar-refractivity contribution in [1.82, 2.24) is 25.4 Å². The first-order chi connectivity index (χ1) is 12.7. The molecule has 26 heavy (non-hydrogen) atoms. The van der Waals surface area contributed by atoms with Gasteiger partial charge in [0, 0.05) is 33.1 Å². The van der Waals surface area contributed by atoms with E-state index < -0.39 is 0 Å². The summed E-state index contributed by atoms with van der Waals surface area (Å²) >= 11 is 0. The maximum Gasteiger partial charge on any atom is 0.191 e. The van der Waals surface area contributed by atoms with Crippen LogP contribution in [0.25, 0.3) is 0 Å². The van der Waals surface area contributed by atoms with Gasteiger partial charge in [0.05, 0.1) is 13.7 Å². The molecule has 2 aromatic rings. The smallest absolute Gasteiger partial charge is 0.191 e. The van der Waals surface area contributed by atoms with E-state index in [2.05, 4.69) is 32.7 Å². The minimum Gasteiger partial charge on any atom is -0.493 e. The fraction of sp³-hybridized carbons (Fsp3) is 0.500. The normalized spacial score (nSPS) is 11.3. The van der Waals surface area contributed by atoms with Crippen molar-refractivity contribution in [3.8, 4) is 11.5 Å². The van der Waals surface area contributed by atoms with Gasteiger partial charge in [-0.3, -0.25) is 4.99 Å². The van der Waals surface area contributed by atoms with Gasteiger partial charge in [0.25, 0.3) is 0 Å². The average Bonchev–Trinajstić information content (AvgIpc) is 3.12. The highest BCUT2D eigenvalue weighted by molar-refractivity contribution is 5.79. The number of ether oxygens (including phenoxy) is 2. The SMILES string of the molecule is CCOc1cc(CNC(=NC)NCCn2cnnc2CC)ccc1OC. The van der Waals surface area contributed by atoms with Crippen molar-refractivity contribution in [1.29, 1.82) is 0 Å². The van der Waals surface area contributed by atoms with Gasteiger partial charge in [0.2, 0.25) is 0 Å². The second kappa shape index (κ2) is 10.3. The largest absolute Gasteiger partial charge is 0.493 e. The van der Waals surface area contributed by atoms with E-state index in [-0.39, 0.29) is 0 Å². The van der Waals surface area contributed by atoms with Crippen LogP contribution in [0.4, 0.5) is 0 Å². The molecule has 1 aromatic carbocycles. The highest BCUT2D eigenvalue weighted by atomic mass is 16.5. The number of hydrogen-bond donors (Lipinski definition) is 2. The molecule has 0 radical (unpaired) electrons. The maximum absolute atomic E-state index is 5.62. The lowest BCUT2D eigenvalue weighted by atomic mass is 10.2. The Labute approximate surface area is 154 Å². The quantitative estimate of drug-likeness (QED) is 0.522. The molecule has 8 nitrogen and oxygen atoms in total. The Bertz CT molecular complexity index is 713. The van der Waals surface area contributed by atoms with Crippen molar-refractivity contribution in [2.75, 3.05) is 27.3 Å². The first kappa shape index (κ1) is 19.6. The van der Waals surface area contributed by atoms with E-state index >= 15 is 0 Å². The van der Waals surface area contributed by atoms with Crippen molar-refractivity contribution < 1.29 is 9.47 Å². The van der Waals surface area contributed by atoms with Crippen LogP contribution in [0.15, 0.2) is 29.5 Å². The summed E-state index contributed by atoms with van der Waals surface area (Å²) in [5, 5.41) is 14.6. The third-order valence-electron chi connectivity index (χ3n) is 3.87. The summed E-state index contributed by atoms with van der Waals surface area (Å²) < 4.78 is 13.0. The highest BCUT2D eigenvalue weighted by Gasteiger charge is 2.06. The summed E-state index contributed by atoms with van der Waals surface area (Å²) in [7, 11) is 3.40. The van der Waals surface area contributed by atoms with Crippen molar-refractivity contribution in [3.05, 3.63) is 35.9 Å². The Hall–Kier alpha value is -2.77. The van der Waals surface area contributed by atoms with Gasteiger partial charge < -0.3 is 24.7 Å². The molecule has 0 aliphatic carbocycles. The summed E-state index contributed by atoms with van der Waals surface area (Å²) in [6, 6.07) is 5.90. The Morgan fingerprint density at radius 2 is 2.08 bits per heavy atom. The molecular weight excluding hydrogens is 332 g/mol. The predicted octanol–water partition coefficient (Wildman–Crippen LogP) is 1.61. The van der Waals surface area contributed by atoms with Crippen molar-refractivity contribution >= 4 is 5.96 Å². The Morgan fingerprint density at radius 3 is 2.77 bits per heavy atom. The zero-order chi connectivity index (χ0) is 18.8. The number of nitrogens with one attached hydrogen (secondary N) is 2. The van der Waals surface area contributed by atoms with Crippen LogP contribution < -0.4 is 20.1 Å². The topological polar surface area (TPSA) is 85.6 Å². The molecule has 2 N–H and O–H groups in total. The van der Waals surface area contributed by atoms with E-state index in [1.807, 2.05) is 29.7 Å². The summed E-state index contributed by atoms with van der Waals surface area (Å²) in [5.41, 5.74) is 1.09. The number of rotatable bonds is 9. The number of aryl methyl sites for hydroxylation is 1. The number of hydrogen-bond acceptors (Lipinski definition) is 5. The number of aromatic nitrogens is 3. The van der Waals surface area contributed by atoms with E-state index in [0.717, 1.165) is 48.4 Å². The number of nitrogens with zero attached hydrogens (tertiary/aromatic N) is 4. The molecule has 0 aliphatic heterocycles. The van der Waals surface area contributed by atoms with E-state index in [0.29, 0.717) is 13.2 Å². The fourth-order valence-corrected chi connectivity index (χ4v) is 2.54. The summed E-state index contributed by atoms with van der Waals surface area (Å²) in [4.78, 5) is 4.25. The minimum absolute atomic E-state index is 0.597. The van der Waals surface area contributed by atoms with Crippen LogP contribution in [0.1, 0.15) is 25.2 Å². The number of aliphatic imine (C=N–C) groups is 1. The van der Waals surface area contributed by atoms with E-state index in [4.69, 9.17) is 9.47 Å². The molecule has 1 aromatic heterocycles. The standard InChI is InChI=1S/C18H28N6O2/c1-5-17-23-22-13-24(17)10-9-20-18(19-3)21-12-14-7-8-15(25-4)16(11-14)26-6-2/h7-8,11,13H,5-6,9-10,12H2,1-4H3,(H2,19,20,21). The number of methoxy groups -OCH3 is 1. The van der Waals surface area contributed by atoms with Gasteiger partial charge in [-0.25, -0.2) is 0 Å². The fourth-order valence-electron chi connectivity index (χ4n) is 2.54. The van der Waals surface area contributed by atoms with Gasteiger partial charge >= 0.3 is 0 Å². The van der Waals surface area contributed by atoms with Crippen LogP contribution in [0.2, 0.25) is 0 Å². The van der Waals surface area contributed by atoms with Gasteiger partial charge in [0.15, 0.2) is 17.5 Å². The number of guanidine groups is 1. The van der Waals surface area contributed by atoms with Gasteiger partial charge in [-0.1, -0.05) is 13.0 Å². The van der Waals surface area contributed by atoms with Crippen LogP contribution >= 0.6 is 0 Å². The van der Waals surface area contributed by atoms with Gasteiger partial charge in [-0.15, -0.1) is 10.2 Å². The van der Waals surface area contributed by atoms with E-state index in [9.17, 15) is 0 Å². The Balaban J connectivity index is 1.85. The van der Waals surface area contributed by atoms with Crippen LogP contribution in [0.3, 0.4) is 0 Å². The van der Waals surface area contributed by atoms with Crippen LogP contribution in [-0.2, 0) is 19.5 Å². The van der Waals surface area contributed by atoms with Crippen molar-refractivity contribution in [2.24, 2.45) is 4.99 Å². The summed E-state index contributed by atoms with van der Waals surface area (Å²) in [6.07, 6.45) is 2.62. The van der Waals surface area contributed by atoms with E-state index in [1.165, 1.54) is 0 Å². The highest BCUT2D eigenvalue weighted by Crippen LogP contribution is 2.27. The molecule has 0 saturated heterocycles. The lowest BCUT2D eigenvalue weighted by Crippen LogP contribution is -2.38. The molecule has 0 unspecified atom stereocenters. The average molecular weight is 360 g/mol. The monoisotopic (exact) mass is 360 g/mol. The lowest BCUT2D eigenvalue weighted by Gasteiger charge is -2.14. The van der Waals surface area contributed by atoms with Gasteiger partial charge in [0.1, 0.15) is 12.2 Å². The van der Waals surface area contributed by atoms with E-state index in [1.54, 1.807) is 20.5 Å². The molecule has 0 spiro atoms. The molecule has 2 rings (SSSR count). The van der Waals surface area contributed by atoms with Crippen LogP contribution in [-0.4, -0.2) is 48.0 Å². The molecule has 0 fully saturated rings. The number of benzene rings is 1.